The lowest BCUT2D eigenvalue weighted by atomic mass is 9.83. The van der Waals surface area contributed by atoms with Gasteiger partial charge in [-0.2, -0.15) is 0 Å². The number of carbonyl (C=O) groups excluding carboxylic acids is 3. The summed E-state index contributed by atoms with van der Waals surface area (Å²) in [6.07, 6.45) is 3.81. The molecule has 2 saturated heterocycles. The molecule has 0 aromatic heterocycles. The summed E-state index contributed by atoms with van der Waals surface area (Å²) in [4.78, 5) is 44.6. The highest BCUT2D eigenvalue weighted by Crippen LogP contribution is 2.53. The van der Waals surface area contributed by atoms with Crippen LogP contribution in [0.25, 0.3) is 6.08 Å². The number of benzene rings is 3. The molecule has 6 heteroatoms. The Hall–Kier alpha value is -3.70. The largest absolute Gasteiger partial charge is 0.358 e. The van der Waals surface area contributed by atoms with Crippen LogP contribution in [0.1, 0.15) is 33.1 Å². The lowest BCUT2D eigenvalue weighted by Gasteiger charge is -2.35. The second kappa shape index (κ2) is 7.67. The van der Waals surface area contributed by atoms with E-state index in [9.17, 15) is 14.4 Å². The van der Waals surface area contributed by atoms with E-state index in [-0.39, 0.29) is 23.6 Å². The number of amides is 2. The predicted octanol–water partition coefficient (Wildman–Crippen LogP) is 5.05. The van der Waals surface area contributed by atoms with Crippen LogP contribution in [0.2, 0.25) is 5.02 Å². The molecule has 0 unspecified atom stereocenters. The third kappa shape index (κ3) is 2.97. The number of ketones is 1. The molecule has 3 heterocycles. The summed E-state index contributed by atoms with van der Waals surface area (Å²) in [6.45, 7) is 1.95. The first-order valence-electron chi connectivity index (χ1n) is 11.2. The Morgan fingerprint density at radius 3 is 2.26 bits per heavy atom. The normalized spacial score (nSPS) is 24.8. The van der Waals surface area contributed by atoms with E-state index in [1.165, 1.54) is 4.90 Å². The van der Waals surface area contributed by atoms with E-state index in [2.05, 4.69) is 0 Å². The number of aryl methyl sites for hydroxylation is 1. The molecule has 34 heavy (non-hydrogen) atoms. The Morgan fingerprint density at radius 2 is 1.53 bits per heavy atom. The number of nitrogens with zero attached hydrogens (tertiary/aromatic N) is 2. The molecule has 3 aliphatic rings. The number of imide groups is 1. The van der Waals surface area contributed by atoms with Crippen molar-refractivity contribution in [3.8, 4) is 0 Å². The molecular weight excluding hydrogens is 448 g/mol. The fourth-order valence-electron chi connectivity index (χ4n) is 5.59. The maximum absolute atomic E-state index is 13.8. The van der Waals surface area contributed by atoms with Crippen LogP contribution in [0, 0.1) is 18.8 Å². The number of halogens is 1. The van der Waals surface area contributed by atoms with Gasteiger partial charge >= 0.3 is 0 Å². The second-order valence-electron chi connectivity index (χ2n) is 9.05. The predicted molar refractivity (Wildman–Crippen MR) is 130 cm³/mol. The summed E-state index contributed by atoms with van der Waals surface area (Å²) in [7, 11) is 0. The molecule has 168 valence electrons. The van der Waals surface area contributed by atoms with Crippen LogP contribution in [-0.4, -0.2) is 28.5 Å². The van der Waals surface area contributed by atoms with E-state index in [1.807, 2.05) is 60.5 Å². The van der Waals surface area contributed by atoms with Crippen molar-refractivity contribution in [2.45, 2.75) is 19.0 Å². The van der Waals surface area contributed by atoms with Crippen LogP contribution >= 0.6 is 11.6 Å². The molecule has 0 aliphatic carbocycles. The van der Waals surface area contributed by atoms with Gasteiger partial charge in [-0.05, 0) is 60.5 Å². The third-order valence-corrected chi connectivity index (χ3v) is 7.40. The average molecular weight is 469 g/mol. The SMILES string of the molecule is Cc1ccc(N2C(=O)[C@@H]3[C@H](C2=O)[C@H]2c4ccccc4C=CN2[C@@H]3C(=O)c2ccc(Cl)cc2)cc1. The summed E-state index contributed by atoms with van der Waals surface area (Å²) < 4.78 is 0. The molecule has 0 bridgehead atoms. The van der Waals surface area contributed by atoms with Gasteiger partial charge in [0, 0.05) is 16.8 Å². The van der Waals surface area contributed by atoms with Crippen LogP contribution in [0.3, 0.4) is 0 Å². The molecule has 3 aromatic carbocycles. The van der Waals surface area contributed by atoms with Crippen molar-refractivity contribution in [2.24, 2.45) is 11.8 Å². The Morgan fingerprint density at radius 1 is 0.853 bits per heavy atom. The van der Waals surface area contributed by atoms with Crippen molar-refractivity contribution in [1.29, 1.82) is 0 Å². The van der Waals surface area contributed by atoms with Crippen molar-refractivity contribution in [3.05, 3.63) is 106 Å². The van der Waals surface area contributed by atoms with Crippen LogP contribution in [0.4, 0.5) is 5.69 Å². The Balaban J connectivity index is 1.49. The van der Waals surface area contributed by atoms with E-state index in [0.717, 1.165) is 16.7 Å². The molecule has 0 N–H and O–H groups in total. The summed E-state index contributed by atoms with van der Waals surface area (Å²) in [6, 6.07) is 20.7. The van der Waals surface area contributed by atoms with Gasteiger partial charge < -0.3 is 4.90 Å². The summed E-state index contributed by atoms with van der Waals surface area (Å²) >= 11 is 6.03. The van der Waals surface area contributed by atoms with Crippen molar-refractivity contribution in [3.63, 3.8) is 0 Å². The first-order valence-corrected chi connectivity index (χ1v) is 11.6. The Kier molecular flexibility index (Phi) is 4.71. The van der Waals surface area contributed by atoms with Gasteiger partial charge in [-0.1, -0.05) is 53.6 Å². The monoisotopic (exact) mass is 468 g/mol. The number of fused-ring (bicyclic) bond motifs is 5. The van der Waals surface area contributed by atoms with Gasteiger partial charge in [-0.3, -0.25) is 14.4 Å². The lowest BCUT2D eigenvalue weighted by molar-refractivity contribution is -0.123. The first kappa shape index (κ1) is 20.9. The molecular formula is C28H21ClN2O3. The molecule has 3 aromatic rings. The molecule has 2 amide bonds. The van der Waals surface area contributed by atoms with Gasteiger partial charge in [0.05, 0.1) is 23.6 Å². The summed E-state index contributed by atoms with van der Waals surface area (Å²) in [5, 5.41) is 0.531. The maximum Gasteiger partial charge on any atom is 0.240 e. The molecule has 2 fully saturated rings. The smallest absolute Gasteiger partial charge is 0.240 e. The van der Waals surface area contributed by atoms with Crippen LogP contribution in [0.15, 0.2) is 79.0 Å². The van der Waals surface area contributed by atoms with Gasteiger partial charge in [-0.15, -0.1) is 0 Å². The molecule has 0 radical (unpaired) electrons. The molecule has 6 rings (SSSR count). The number of carbonyl (C=O) groups is 3. The highest BCUT2D eigenvalue weighted by molar-refractivity contribution is 6.30. The first-order chi connectivity index (χ1) is 16.5. The van der Waals surface area contributed by atoms with E-state index in [4.69, 9.17) is 11.6 Å². The Labute approximate surface area is 202 Å². The van der Waals surface area contributed by atoms with E-state index in [0.29, 0.717) is 16.3 Å². The standard InChI is InChI=1S/C28H21ClN2O3/c1-16-6-12-20(13-7-16)31-27(33)22-23(28(31)34)25(26(32)18-8-10-19(29)11-9-18)30-15-14-17-4-2-3-5-21(17)24(22)30/h2-15,22-25H,1H3/t22-,23+,24+,25-/m0/s1. The third-order valence-electron chi connectivity index (χ3n) is 7.15. The molecule has 0 spiro atoms. The fraction of sp³-hybridized carbons (Fsp3) is 0.179. The van der Waals surface area contributed by atoms with Crippen LogP contribution < -0.4 is 4.90 Å². The average Bonchev–Trinajstić information content (AvgIpc) is 3.32. The number of Topliss-reactive ketones (excluding diaryl/α,β-unsaturated/α-hetero) is 1. The van der Waals surface area contributed by atoms with E-state index in [1.54, 1.807) is 36.4 Å². The van der Waals surface area contributed by atoms with Gasteiger partial charge in [0.25, 0.3) is 0 Å². The van der Waals surface area contributed by atoms with E-state index < -0.39 is 17.9 Å². The highest BCUT2D eigenvalue weighted by Gasteiger charge is 2.64. The van der Waals surface area contributed by atoms with Crippen molar-refractivity contribution in [2.75, 3.05) is 4.90 Å². The van der Waals surface area contributed by atoms with Crippen LogP contribution in [-0.2, 0) is 9.59 Å². The van der Waals surface area contributed by atoms with Crippen molar-refractivity contribution >= 4 is 41.0 Å². The quantitative estimate of drug-likeness (QED) is 0.399. The number of anilines is 1. The molecule has 3 aliphatic heterocycles. The van der Waals surface area contributed by atoms with Gasteiger partial charge in [0.15, 0.2) is 5.78 Å². The Bertz CT molecular complexity index is 1360. The lowest BCUT2D eigenvalue weighted by Crippen LogP contribution is -2.44. The second-order valence-corrected chi connectivity index (χ2v) is 9.49. The zero-order valence-electron chi connectivity index (χ0n) is 18.4. The summed E-state index contributed by atoms with van der Waals surface area (Å²) in [5.74, 6) is -2.21. The van der Waals surface area contributed by atoms with Crippen molar-refractivity contribution in [1.82, 2.24) is 4.90 Å². The maximum atomic E-state index is 13.8. The topological polar surface area (TPSA) is 57.7 Å². The zero-order chi connectivity index (χ0) is 23.6. The zero-order valence-corrected chi connectivity index (χ0v) is 19.1. The molecule has 0 saturated carbocycles. The summed E-state index contributed by atoms with van der Waals surface area (Å²) in [5.41, 5.74) is 4.00. The van der Waals surface area contributed by atoms with Gasteiger partial charge in [-0.25, -0.2) is 4.90 Å². The number of rotatable bonds is 3. The van der Waals surface area contributed by atoms with E-state index >= 15 is 0 Å². The van der Waals surface area contributed by atoms with Crippen LogP contribution in [0.5, 0.6) is 0 Å². The number of hydrogen-bond donors (Lipinski definition) is 0. The van der Waals surface area contributed by atoms with Gasteiger partial charge in [0.2, 0.25) is 11.8 Å². The fourth-order valence-corrected chi connectivity index (χ4v) is 5.72. The van der Waals surface area contributed by atoms with Gasteiger partial charge in [0.1, 0.15) is 6.04 Å². The van der Waals surface area contributed by atoms with Crippen molar-refractivity contribution < 1.29 is 14.4 Å². The minimum atomic E-state index is -0.785. The minimum absolute atomic E-state index is 0.190. The minimum Gasteiger partial charge on any atom is -0.358 e. The molecule has 4 atom stereocenters. The number of hydrogen-bond acceptors (Lipinski definition) is 4. The highest BCUT2D eigenvalue weighted by atomic mass is 35.5. The molecule has 5 nitrogen and oxygen atoms in total.